The Labute approximate surface area is 157 Å². The second-order valence-electron chi connectivity index (χ2n) is 6.75. The van der Waals surface area contributed by atoms with Gasteiger partial charge in [0.2, 0.25) is 10.0 Å². The van der Waals surface area contributed by atoms with Gasteiger partial charge in [0.15, 0.2) is 0 Å². The number of aromatic amines is 1. The SMILES string of the molecule is CS(=O)(=O)Nc1cccc(C(=O)N2CCCC2c2nc3ccccc3[nH]2)c1. The quantitative estimate of drug-likeness (QED) is 0.723. The van der Waals surface area contributed by atoms with Gasteiger partial charge in [-0.05, 0) is 43.2 Å². The predicted molar refractivity (Wildman–Crippen MR) is 104 cm³/mol. The number of sulfonamides is 1. The van der Waals surface area contributed by atoms with Crippen LogP contribution < -0.4 is 4.72 Å². The number of fused-ring (bicyclic) bond motifs is 1. The van der Waals surface area contributed by atoms with E-state index in [4.69, 9.17) is 0 Å². The minimum Gasteiger partial charge on any atom is -0.340 e. The maximum absolute atomic E-state index is 13.1. The number of para-hydroxylation sites is 2. The average Bonchev–Trinajstić information content (AvgIpc) is 3.26. The number of H-pyrrole nitrogens is 1. The zero-order chi connectivity index (χ0) is 19.0. The summed E-state index contributed by atoms with van der Waals surface area (Å²) in [5.74, 6) is 0.655. The average molecular weight is 384 g/mol. The van der Waals surface area contributed by atoms with E-state index in [2.05, 4.69) is 14.7 Å². The van der Waals surface area contributed by atoms with Crippen LogP contribution in [0.4, 0.5) is 5.69 Å². The van der Waals surface area contributed by atoms with Gasteiger partial charge in [-0.3, -0.25) is 9.52 Å². The second-order valence-corrected chi connectivity index (χ2v) is 8.50. The van der Waals surface area contributed by atoms with Crippen LogP contribution in [0.5, 0.6) is 0 Å². The molecule has 4 rings (SSSR count). The van der Waals surface area contributed by atoms with E-state index < -0.39 is 10.0 Å². The minimum absolute atomic E-state index is 0.114. The lowest BCUT2D eigenvalue weighted by Gasteiger charge is -2.23. The molecule has 0 saturated carbocycles. The van der Waals surface area contributed by atoms with E-state index in [-0.39, 0.29) is 11.9 Å². The van der Waals surface area contributed by atoms with Crippen LogP contribution in [-0.4, -0.2) is 42.0 Å². The highest BCUT2D eigenvalue weighted by molar-refractivity contribution is 7.92. The topological polar surface area (TPSA) is 95.2 Å². The van der Waals surface area contributed by atoms with Crippen LogP contribution in [-0.2, 0) is 10.0 Å². The van der Waals surface area contributed by atoms with Crippen molar-refractivity contribution in [3.8, 4) is 0 Å². The van der Waals surface area contributed by atoms with E-state index in [1.165, 1.54) is 0 Å². The molecule has 0 aliphatic carbocycles. The highest BCUT2D eigenvalue weighted by Crippen LogP contribution is 2.33. The third-order valence-corrected chi connectivity index (χ3v) is 5.26. The van der Waals surface area contributed by atoms with E-state index in [0.29, 0.717) is 17.8 Å². The molecule has 1 aromatic heterocycles. The Morgan fingerprint density at radius 3 is 2.81 bits per heavy atom. The van der Waals surface area contributed by atoms with Crippen LogP contribution in [0.1, 0.15) is 35.1 Å². The number of anilines is 1. The number of hydrogen-bond acceptors (Lipinski definition) is 4. The summed E-state index contributed by atoms with van der Waals surface area (Å²) in [6.07, 6.45) is 2.82. The van der Waals surface area contributed by atoms with Gasteiger partial charge in [0.05, 0.1) is 23.3 Å². The van der Waals surface area contributed by atoms with Gasteiger partial charge in [-0.2, -0.15) is 0 Å². The van der Waals surface area contributed by atoms with Crippen molar-refractivity contribution >= 4 is 32.7 Å². The summed E-state index contributed by atoms with van der Waals surface area (Å²) < 4.78 is 25.3. The number of amides is 1. The first kappa shape index (κ1) is 17.5. The smallest absolute Gasteiger partial charge is 0.254 e. The molecule has 1 unspecified atom stereocenters. The Bertz CT molecular complexity index is 1070. The largest absolute Gasteiger partial charge is 0.340 e. The number of benzene rings is 2. The highest BCUT2D eigenvalue weighted by atomic mass is 32.2. The van der Waals surface area contributed by atoms with Gasteiger partial charge < -0.3 is 9.88 Å². The third-order valence-electron chi connectivity index (χ3n) is 4.65. The second kappa shape index (κ2) is 6.70. The molecule has 2 aromatic carbocycles. The predicted octanol–water partition coefficient (Wildman–Crippen LogP) is 2.91. The molecule has 1 fully saturated rings. The molecule has 0 bridgehead atoms. The van der Waals surface area contributed by atoms with Crippen LogP contribution >= 0.6 is 0 Å². The number of carbonyl (C=O) groups excluding carboxylic acids is 1. The lowest BCUT2D eigenvalue weighted by molar-refractivity contribution is 0.0730. The summed E-state index contributed by atoms with van der Waals surface area (Å²) >= 11 is 0. The van der Waals surface area contributed by atoms with Gasteiger partial charge in [0.1, 0.15) is 5.82 Å². The number of rotatable bonds is 4. The first-order chi connectivity index (χ1) is 12.9. The van der Waals surface area contributed by atoms with Gasteiger partial charge in [-0.15, -0.1) is 0 Å². The molecule has 27 heavy (non-hydrogen) atoms. The number of hydrogen-bond donors (Lipinski definition) is 2. The highest BCUT2D eigenvalue weighted by Gasteiger charge is 2.32. The molecule has 1 amide bonds. The fourth-order valence-corrected chi connectivity index (χ4v) is 4.08. The first-order valence-corrected chi connectivity index (χ1v) is 10.6. The summed E-state index contributed by atoms with van der Waals surface area (Å²) in [7, 11) is -3.40. The molecule has 0 radical (unpaired) electrons. The van der Waals surface area contributed by atoms with Crippen LogP contribution in [0.25, 0.3) is 11.0 Å². The molecule has 3 aromatic rings. The lowest BCUT2D eigenvalue weighted by atomic mass is 10.1. The summed E-state index contributed by atoms with van der Waals surface area (Å²) in [5.41, 5.74) is 2.66. The zero-order valence-electron chi connectivity index (χ0n) is 14.8. The van der Waals surface area contributed by atoms with Crippen molar-refractivity contribution in [3.63, 3.8) is 0 Å². The summed E-state index contributed by atoms with van der Waals surface area (Å²) in [5, 5.41) is 0. The van der Waals surface area contributed by atoms with Gasteiger partial charge in [0.25, 0.3) is 5.91 Å². The molecular formula is C19H20N4O3S. The Morgan fingerprint density at radius 1 is 1.22 bits per heavy atom. The van der Waals surface area contributed by atoms with Crippen LogP contribution in [0, 0.1) is 0 Å². The molecule has 2 heterocycles. The van der Waals surface area contributed by atoms with Crippen molar-refractivity contribution < 1.29 is 13.2 Å². The van der Waals surface area contributed by atoms with Crippen molar-refractivity contribution in [1.82, 2.24) is 14.9 Å². The normalized spacial score (nSPS) is 17.4. The van der Waals surface area contributed by atoms with Crippen LogP contribution in [0.3, 0.4) is 0 Å². The maximum Gasteiger partial charge on any atom is 0.254 e. The monoisotopic (exact) mass is 384 g/mol. The van der Waals surface area contributed by atoms with Gasteiger partial charge in [0, 0.05) is 17.8 Å². The molecule has 1 aliphatic heterocycles. The van der Waals surface area contributed by atoms with Gasteiger partial charge >= 0.3 is 0 Å². The molecule has 2 N–H and O–H groups in total. The number of carbonyl (C=O) groups is 1. The van der Waals surface area contributed by atoms with Crippen molar-refractivity contribution in [1.29, 1.82) is 0 Å². The van der Waals surface area contributed by atoms with Crippen LogP contribution in [0.2, 0.25) is 0 Å². The summed E-state index contributed by atoms with van der Waals surface area (Å²) in [4.78, 5) is 22.8. The number of likely N-dealkylation sites (tertiary alicyclic amines) is 1. The van der Waals surface area contributed by atoms with E-state index in [1.54, 1.807) is 29.2 Å². The molecule has 1 atom stereocenters. The van der Waals surface area contributed by atoms with Crippen molar-refractivity contribution in [2.24, 2.45) is 0 Å². The molecule has 7 nitrogen and oxygen atoms in total. The summed E-state index contributed by atoms with van der Waals surface area (Å²) in [6, 6.07) is 14.2. The molecule has 1 aliphatic rings. The maximum atomic E-state index is 13.1. The van der Waals surface area contributed by atoms with E-state index >= 15 is 0 Å². The number of imidazole rings is 1. The summed E-state index contributed by atoms with van der Waals surface area (Å²) in [6.45, 7) is 0.643. The fraction of sp³-hybridized carbons (Fsp3) is 0.263. The molecule has 8 heteroatoms. The Hall–Kier alpha value is -2.87. The van der Waals surface area contributed by atoms with E-state index in [9.17, 15) is 13.2 Å². The van der Waals surface area contributed by atoms with Crippen molar-refractivity contribution in [3.05, 3.63) is 59.9 Å². The molecular weight excluding hydrogens is 364 g/mol. The number of nitrogens with zero attached hydrogens (tertiary/aromatic N) is 2. The van der Waals surface area contributed by atoms with E-state index in [1.807, 2.05) is 24.3 Å². The fourth-order valence-electron chi connectivity index (χ4n) is 3.52. The number of aromatic nitrogens is 2. The molecule has 1 saturated heterocycles. The Morgan fingerprint density at radius 2 is 2.04 bits per heavy atom. The van der Waals surface area contributed by atoms with Crippen LogP contribution in [0.15, 0.2) is 48.5 Å². The third kappa shape index (κ3) is 3.66. The lowest BCUT2D eigenvalue weighted by Crippen LogP contribution is -2.31. The van der Waals surface area contributed by atoms with Crippen molar-refractivity contribution in [2.45, 2.75) is 18.9 Å². The first-order valence-electron chi connectivity index (χ1n) is 8.74. The zero-order valence-corrected chi connectivity index (χ0v) is 15.7. The minimum atomic E-state index is -3.40. The van der Waals surface area contributed by atoms with Gasteiger partial charge in [-0.1, -0.05) is 18.2 Å². The Kier molecular flexibility index (Phi) is 4.35. The molecule has 0 spiro atoms. The standard InChI is InChI=1S/C19H20N4O3S/c1-27(25,26)22-14-7-4-6-13(12-14)19(24)23-11-5-10-17(23)18-20-15-8-2-3-9-16(15)21-18/h2-4,6-9,12,17,22H,5,10-11H2,1H3,(H,20,21). The molecule has 140 valence electrons. The van der Waals surface area contributed by atoms with Crippen molar-refractivity contribution in [2.75, 3.05) is 17.5 Å². The Balaban J connectivity index is 1.62. The number of nitrogens with one attached hydrogen (secondary N) is 2. The van der Waals surface area contributed by atoms with E-state index in [0.717, 1.165) is 36.0 Å². The van der Waals surface area contributed by atoms with Gasteiger partial charge in [-0.25, -0.2) is 13.4 Å².